The number of nitrogens with zero attached hydrogens (tertiary/aromatic N) is 1. The largest absolute Gasteiger partial charge is 0.475 e. The van der Waals surface area contributed by atoms with E-state index in [9.17, 15) is 0 Å². The third-order valence-electron chi connectivity index (χ3n) is 3.22. The third kappa shape index (κ3) is 4.41. The minimum absolute atomic E-state index is 0.531. The minimum Gasteiger partial charge on any atom is -0.475 e. The van der Waals surface area contributed by atoms with Gasteiger partial charge in [-0.1, -0.05) is 32.0 Å². The van der Waals surface area contributed by atoms with E-state index in [-0.39, 0.29) is 0 Å². The summed E-state index contributed by atoms with van der Waals surface area (Å²) in [6.07, 6.45) is 2.92. The molecule has 0 saturated carbocycles. The topological polar surface area (TPSA) is 43.4 Å². The summed E-state index contributed by atoms with van der Waals surface area (Å²) in [4.78, 5) is 4.46. The Morgan fingerprint density at radius 1 is 1.05 bits per heavy atom. The number of hydrogen-bond acceptors (Lipinski definition) is 4. The highest BCUT2D eigenvalue weighted by molar-refractivity contribution is 5.89. The first-order chi connectivity index (χ1) is 10.4. The highest BCUT2D eigenvalue weighted by Crippen LogP contribution is 2.26. The van der Waals surface area contributed by atoms with Crippen molar-refractivity contribution in [3.05, 3.63) is 36.0 Å². The third-order valence-corrected chi connectivity index (χ3v) is 3.22. The van der Waals surface area contributed by atoms with E-state index >= 15 is 0 Å². The van der Waals surface area contributed by atoms with Gasteiger partial charge in [0.05, 0.1) is 6.61 Å². The molecule has 0 aliphatic heterocycles. The van der Waals surface area contributed by atoms with E-state index in [1.807, 2.05) is 18.3 Å². The number of benzene rings is 1. The number of ether oxygens (including phenoxy) is 2. The molecule has 0 atom stereocenters. The maximum atomic E-state index is 5.77. The molecule has 4 nitrogen and oxygen atoms in total. The van der Waals surface area contributed by atoms with Gasteiger partial charge in [0.15, 0.2) is 0 Å². The van der Waals surface area contributed by atoms with Crippen LogP contribution in [0.25, 0.3) is 10.8 Å². The zero-order valence-electron chi connectivity index (χ0n) is 12.9. The molecule has 2 rings (SSSR count). The average molecular weight is 288 g/mol. The van der Waals surface area contributed by atoms with E-state index in [0.29, 0.717) is 19.1 Å². The van der Waals surface area contributed by atoms with Crippen molar-refractivity contribution in [1.29, 1.82) is 0 Å². The van der Waals surface area contributed by atoms with Crippen LogP contribution < -0.4 is 10.1 Å². The van der Waals surface area contributed by atoms with Gasteiger partial charge < -0.3 is 14.8 Å². The summed E-state index contributed by atoms with van der Waals surface area (Å²) >= 11 is 0. The lowest BCUT2D eigenvalue weighted by molar-refractivity contribution is 0.0996. The molecule has 1 N–H and O–H groups in total. The van der Waals surface area contributed by atoms with E-state index in [1.165, 1.54) is 10.9 Å². The van der Waals surface area contributed by atoms with Crippen LogP contribution in [-0.4, -0.2) is 31.3 Å². The molecule has 0 aliphatic rings. The monoisotopic (exact) mass is 288 g/mol. The first kappa shape index (κ1) is 15.7. The maximum Gasteiger partial charge on any atom is 0.221 e. The van der Waals surface area contributed by atoms with Gasteiger partial charge in [0.2, 0.25) is 5.88 Å². The molecule has 0 aliphatic carbocycles. The molecular formula is C17H24N2O2. The second-order valence-corrected chi connectivity index (χ2v) is 4.88. The fourth-order valence-corrected chi connectivity index (χ4v) is 2.18. The molecule has 0 amide bonds. The minimum atomic E-state index is 0.531. The molecule has 2 aromatic rings. The molecule has 1 heterocycles. The van der Waals surface area contributed by atoms with Crippen molar-refractivity contribution in [3.8, 4) is 5.88 Å². The zero-order chi connectivity index (χ0) is 14.9. The van der Waals surface area contributed by atoms with Crippen molar-refractivity contribution in [2.75, 3.05) is 26.4 Å². The van der Waals surface area contributed by atoms with Crippen LogP contribution >= 0.6 is 0 Å². The van der Waals surface area contributed by atoms with Crippen LogP contribution in [0.4, 0.5) is 0 Å². The molecule has 4 heteroatoms. The molecule has 114 valence electrons. The summed E-state index contributed by atoms with van der Waals surface area (Å²) in [6, 6.07) is 8.23. The van der Waals surface area contributed by atoms with Crippen LogP contribution in [0.5, 0.6) is 5.88 Å². The van der Waals surface area contributed by atoms with E-state index in [4.69, 9.17) is 9.47 Å². The van der Waals surface area contributed by atoms with Gasteiger partial charge >= 0.3 is 0 Å². The van der Waals surface area contributed by atoms with E-state index in [2.05, 4.69) is 36.3 Å². The number of rotatable bonds is 9. The van der Waals surface area contributed by atoms with Crippen LogP contribution in [0.3, 0.4) is 0 Å². The molecule has 0 radical (unpaired) electrons. The Morgan fingerprint density at radius 3 is 2.62 bits per heavy atom. The second kappa shape index (κ2) is 8.60. The molecular weight excluding hydrogens is 264 g/mol. The Labute approximate surface area is 126 Å². The molecule has 0 fully saturated rings. The van der Waals surface area contributed by atoms with Crippen molar-refractivity contribution in [2.24, 2.45) is 0 Å². The fraction of sp³-hybridized carbons (Fsp3) is 0.471. The van der Waals surface area contributed by atoms with E-state index < -0.39 is 0 Å². The number of nitrogens with one attached hydrogen (secondary N) is 1. The summed E-state index contributed by atoms with van der Waals surface area (Å²) in [6.45, 7) is 7.87. The number of aromatic nitrogens is 1. The summed E-state index contributed by atoms with van der Waals surface area (Å²) in [5, 5.41) is 5.59. The smallest absolute Gasteiger partial charge is 0.221 e. The van der Waals surface area contributed by atoms with Gasteiger partial charge in [-0.05, 0) is 30.0 Å². The number of fused-ring (bicyclic) bond motifs is 1. The van der Waals surface area contributed by atoms with Crippen molar-refractivity contribution in [1.82, 2.24) is 10.3 Å². The van der Waals surface area contributed by atoms with Crippen LogP contribution in [-0.2, 0) is 11.3 Å². The van der Waals surface area contributed by atoms with Gasteiger partial charge in [-0.3, -0.25) is 0 Å². The van der Waals surface area contributed by atoms with Gasteiger partial charge in [0, 0.05) is 24.7 Å². The zero-order valence-corrected chi connectivity index (χ0v) is 12.9. The van der Waals surface area contributed by atoms with E-state index in [0.717, 1.165) is 31.5 Å². The lowest BCUT2D eigenvalue weighted by Gasteiger charge is -2.12. The Morgan fingerprint density at radius 2 is 1.86 bits per heavy atom. The van der Waals surface area contributed by atoms with Crippen molar-refractivity contribution < 1.29 is 9.47 Å². The number of hydrogen-bond donors (Lipinski definition) is 1. The average Bonchev–Trinajstić information content (AvgIpc) is 2.53. The molecule has 1 aromatic heterocycles. The normalized spacial score (nSPS) is 11.0. The summed E-state index contributed by atoms with van der Waals surface area (Å²) in [7, 11) is 0. The standard InChI is InChI=1S/C17H24N2O2/c1-3-9-20-10-11-21-17-16-8-6-5-7-15(16)14(13-19-17)12-18-4-2/h5-8,13,18H,3-4,9-12H2,1-2H3. The molecule has 0 saturated heterocycles. The van der Waals surface area contributed by atoms with Crippen molar-refractivity contribution in [2.45, 2.75) is 26.8 Å². The fourth-order valence-electron chi connectivity index (χ4n) is 2.18. The van der Waals surface area contributed by atoms with Crippen LogP contribution in [0.1, 0.15) is 25.8 Å². The second-order valence-electron chi connectivity index (χ2n) is 4.88. The maximum absolute atomic E-state index is 5.77. The van der Waals surface area contributed by atoms with Gasteiger partial charge in [-0.25, -0.2) is 4.98 Å². The summed E-state index contributed by atoms with van der Waals surface area (Å²) in [5.41, 5.74) is 1.20. The van der Waals surface area contributed by atoms with Gasteiger partial charge in [0.1, 0.15) is 6.61 Å². The molecule has 0 unspecified atom stereocenters. The first-order valence-corrected chi connectivity index (χ1v) is 7.64. The lowest BCUT2D eigenvalue weighted by atomic mass is 10.1. The van der Waals surface area contributed by atoms with E-state index in [1.54, 1.807) is 0 Å². The highest BCUT2D eigenvalue weighted by atomic mass is 16.5. The molecule has 21 heavy (non-hydrogen) atoms. The van der Waals surface area contributed by atoms with Gasteiger partial charge in [0.25, 0.3) is 0 Å². The van der Waals surface area contributed by atoms with Crippen molar-refractivity contribution in [3.63, 3.8) is 0 Å². The molecule has 0 bridgehead atoms. The lowest BCUT2D eigenvalue weighted by Crippen LogP contribution is -2.13. The quantitative estimate of drug-likeness (QED) is 0.720. The van der Waals surface area contributed by atoms with Crippen molar-refractivity contribution >= 4 is 10.8 Å². The molecule has 1 aromatic carbocycles. The number of pyridine rings is 1. The Bertz CT molecular complexity index is 557. The Hall–Kier alpha value is -1.65. The Kier molecular flexibility index (Phi) is 6.44. The predicted octanol–water partition coefficient (Wildman–Crippen LogP) is 3.15. The molecule has 0 spiro atoms. The van der Waals surface area contributed by atoms with Gasteiger partial charge in [-0.2, -0.15) is 0 Å². The predicted molar refractivity (Wildman–Crippen MR) is 85.7 cm³/mol. The van der Waals surface area contributed by atoms with Crippen LogP contribution in [0.2, 0.25) is 0 Å². The van der Waals surface area contributed by atoms with Crippen LogP contribution in [0.15, 0.2) is 30.5 Å². The summed E-state index contributed by atoms with van der Waals surface area (Å²) in [5.74, 6) is 0.686. The summed E-state index contributed by atoms with van der Waals surface area (Å²) < 4.78 is 11.2. The Balaban J connectivity index is 2.10. The van der Waals surface area contributed by atoms with Gasteiger partial charge in [-0.15, -0.1) is 0 Å². The first-order valence-electron chi connectivity index (χ1n) is 7.64. The SMILES string of the molecule is CCCOCCOc1ncc(CNCC)c2ccccc12. The highest BCUT2D eigenvalue weighted by Gasteiger charge is 2.07. The van der Waals surface area contributed by atoms with Crippen LogP contribution in [0, 0.1) is 0 Å².